The van der Waals surface area contributed by atoms with Gasteiger partial charge in [-0.1, -0.05) is 68.8 Å². The van der Waals surface area contributed by atoms with Crippen molar-refractivity contribution >= 4 is 17.7 Å². The van der Waals surface area contributed by atoms with E-state index in [1.54, 1.807) is 48.2 Å². The van der Waals surface area contributed by atoms with E-state index in [1.165, 1.54) is 21.9 Å². The first-order chi connectivity index (χ1) is 19.1. The summed E-state index contributed by atoms with van der Waals surface area (Å²) in [6, 6.07) is 31.6. The first-order valence-corrected chi connectivity index (χ1v) is 14.1. The Labute approximate surface area is 235 Å². The lowest BCUT2D eigenvalue weighted by molar-refractivity contribution is 0.0731. The highest BCUT2D eigenvalue weighted by molar-refractivity contribution is 7.99. The number of carbonyl (C=O) groups is 1. The Hall–Kier alpha value is -3.90. The summed E-state index contributed by atoms with van der Waals surface area (Å²) in [6.45, 7) is 5.93. The van der Waals surface area contributed by atoms with E-state index in [2.05, 4.69) is 38.1 Å². The molecule has 0 radical (unpaired) electrons. The Balaban J connectivity index is 0.000000230. The molecule has 0 aliphatic heterocycles. The van der Waals surface area contributed by atoms with Crippen molar-refractivity contribution < 1.29 is 24.1 Å². The van der Waals surface area contributed by atoms with Crippen LogP contribution in [0.2, 0.25) is 0 Å². The highest BCUT2D eigenvalue weighted by atomic mass is 32.2. The average Bonchev–Trinajstić information content (AvgIpc) is 2.96. The van der Waals surface area contributed by atoms with Gasteiger partial charge in [-0.15, -0.1) is 0 Å². The van der Waals surface area contributed by atoms with Crippen LogP contribution < -0.4 is 14.2 Å². The van der Waals surface area contributed by atoms with Crippen LogP contribution in [0.25, 0.3) is 0 Å². The summed E-state index contributed by atoms with van der Waals surface area (Å²) in [5.74, 6) is 1.70. The molecule has 0 atom stereocenters. The molecule has 39 heavy (non-hydrogen) atoms. The fourth-order valence-electron chi connectivity index (χ4n) is 3.31. The fraction of sp³-hybridized carbons (Fsp3) is 0.242. The minimum Gasteiger partial charge on any atom is -0.507 e. The van der Waals surface area contributed by atoms with Crippen LogP contribution in [0.1, 0.15) is 49.9 Å². The number of phenols is 1. The van der Waals surface area contributed by atoms with Crippen LogP contribution >= 0.6 is 11.8 Å². The second-order valence-corrected chi connectivity index (χ2v) is 9.82. The Bertz CT molecular complexity index is 1190. The van der Waals surface area contributed by atoms with Gasteiger partial charge in [0.15, 0.2) is 0 Å². The molecular formula is C33H36O5S. The lowest BCUT2D eigenvalue weighted by atomic mass is 10.2. The fourth-order valence-corrected chi connectivity index (χ4v) is 4.13. The van der Waals surface area contributed by atoms with Crippen molar-refractivity contribution in [2.45, 2.75) is 49.3 Å². The molecule has 5 nitrogen and oxygen atoms in total. The van der Waals surface area contributed by atoms with E-state index in [9.17, 15) is 9.90 Å². The quantitative estimate of drug-likeness (QED) is 0.109. The lowest BCUT2D eigenvalue weighted by Gasteiger charge is -2.08. The summed E-state index contributed by atoms with van der Waals surface area (Å²) in [6.07, 6.45) is 4.52. The topological polar surface area (TPSA) is 65.0 Å². The van der Waals surface area contributed by atoms with Crippen LogP contribution in [0, 0.1) is 0 Å². The Morgan fingerprint density at radius 3 is 1.62 bits per heavy atom. The van der Waals surface area contributed by atoms with E-state index in [0.29, 0.717) is 5.75 Å². The van der Waals surface area contributed by atoms with E-state index in [-0.39, 0.29) is 11.3 Å². The molecule has 0 saturated heterocycles. The molecule has 0 saturated carbocycles. The van der Waals surface area contributed by atoms with Gasteiger partial charge in [-0.25, -0.2) is 4.79 Å². The van der Waals surface area contributed by atoms with Crippen molar-refractivity contribution in [3.05, 3.63) is 109 Å². The number of carbonyl (C=O) groups excluding carboxylic acids is 1. The number of aromatic hydroxyl groups is 1. The van der Waals surface area contributed by atoms with Gasteiger partial charge in [0, 0.05) is 9.79 Å². The molecule has 0 aromatic heterocycles. The minimum atomic E-state index is -0.565. The van der Waals surface area contributed by atoms with Crippen LogP contribution in [0.5, 0.6) is 23.0 Å². The maximum Gasteiger partial charge on any atom is 0.347 e. The molecule has 0 bridgehead atoms. The van der Waals surface area contributed by atoms with Gasteiger partial charge in [0.05, 0.1) is 13.2 Å². The third kappa shape index (κ3) is 10.8. The first kappa shape index (κ1) is 29.7. The smallest absolute Gasteiger partial charge is 0.347 e. The molecule has 0 heterocycles. The van der Waals surface area contributed by atoms with Gasteiger partial charge in [0.2, 0.25) is 0 Å². The van der Waals surface area contributed by atoms with E-state index in [0.717, 1.165) is 50.4 Å². The van der Waals surface area contributed by atoms with Gasteiger partial charge in [-0.05, 0) is 85.6 Å². The predicted octanol–water partition coefficient (Wildman–Crippen LogP) is 8.81. The Morgan fingerprint density at radius 2 is 1.13 bits per heavy atom. The number of hydrogen-bond donors (Lipinski definition) is 1. The van der Waals surface area contributed by atoms with E-state index >= 15 is 0 Å². The highest BCUT2D eigenvalue weighted by Crippen LogP contribution is 2.30. The van der Waals surface area contributed by atoms with Crippen molar-refractivity contribution in [2.75, 3.05) is 13.2 Å². The van der Waals surface area contributed by atoms with E-state index in [1.807, 2.05) is 30.3 Å². The standard InChI is InChI=1S/C20H26O2S.C13H10O3/c1-3-5-15-21-17-7-11-19(12-8-17)23-20-13-9-18(10-14-20)22-16-6-4-2;14-12-9-5-4-8-11(12)13(15)16-10-6-2-1-3-7-10/h7-14H,3-6,15-16H2,1-2H3;1-9,14H. The van der Waals surface area contributed by atoms with Crippen molar-refractivity contribution in [1.29, 1.82) is 0 Å². The predicted molar refractivity (Wildman–Crippen MR) is 157 cm³/mol. The monoisotopic (exact) mass is 544 g/mol. The summed E-state index contributed by atoms with van der Waals surface area (Å²) in [5, 5.41) is 9.46. The zero-order valence-electron chi connectivity index (χ0n) is 22.5. The molecule has 6 heteroatoms. The highest BCUT2D eigenvalue weighted by Gasteiger charge is 2.12. The molecular weight excluding hydrogens is 508 g/mol. The second kappa shape index (κ2) is 16.8. The van der Waals surface area contributed by atoms with E-state index < -0.39 is 5.97 Å². The number of para-hydroxylation sites is 2. The molecule has 0 aliphatic carbocycles. The molecule has 1 N–H and O–H groups in total. The summed E-state index contributed by atoms with van der Waals surface area (Å²) >= 11 is 1.75. The molecule has 204 valence electrons. The Kier molecular flexibility index (Phi) is 12.8. The second-order valence-electron chi connectivity index (χ2n) is 8.67. The number of phenolic OH excluding ortho intramolecular Hbond substituents is 1. The largest absolute Gasteiger partial charge is 0.507 e. The zero-order chi connectivity index (χ0) is 27.7. The molecule has 0 unspecified atom stereocenters. The van der Waals surface area contributed by atoms with Gasteiger partial charge < -0.3 is 19.3 Å². The minimum absolute atomic E-state index is 0.0802. The molecule has 4 aromatic carbocycles. The van der Waals surface area contributed by atoms with Gasteiger partial charge >= 0.3 is 5.97 Å². The summed E-state index contributed by atoms with van der Waals surface area (Å²) in [5.41, 5.74) is 0.159. The van der Waals surface area contributed by atoms with Gasteiger partial charge in [-0.3, -0.25) is 0 Å². The van der Waals surface area contributed by atoms with Crippen molar-refractivity contribution in [1.82, 2.24) is 0 Å². The first-order valence-electron chi connectivity index (χ1n) is 13.3. The number of benzene rings is 4. The summed E-state index contributed by atoms with van der Waals surface area (Å²) in [7, 11) is 0. The van der Waals surface area contributed by atoms with Crippen LogP contribution in [-0.2, 0) is 0 Å². The molecule has 0 spiro atoms. The van der Waals surface area contributed by atoms with Crippen molar-refractivity contribution in [2.24, 2.45) is 0 Å². The van der Waals surface area contributed by atoms with E-state index in [4.69, 9.17) is 14.2 Å². The number of esters is 1. The number of rotatable bonds is 12. The number of ether oxygens (including phenoxy) is 3. The number of hydrogen-bond acceptors (Lipinski definition) is 6. The SMILES string of the molecule is CCCCOc1ccc(Sc2ccc(OCCCC)cc2)cc1.O=C(Oc1ccccc1)c1ccccc1O. The zero-order valence-corrected chi connectivity index (χ0v) is 23.4. The molecule has 0 aliphatic rings. The average molecular weight is 545 g/mol. The van der Waals surface area contributed by atoms with Crippen LogP contribution in [0.4, 0.5) is 0 Å². The van der Waals surface area contributed by atoms with Gasteiger partial charge in [-0.2, -0.15) is 0 Å². The van der Waals surface area contributed by atoms with Crippen molar-refractivity contribution in [3.8, 4) is 23.0 Å². The molecule has 0 fully saturated rings. The molecule has 4 aromatic rings. The lowest BCUT2D eigenvalue weighted by Crippen LogP contribution is -2.08. The van der Waals surface area contributed by atoms with Gasteiger partial charge in [0.25, 0.3) is 0 Å². The third-order valence-electron chi connectivity index (χ3n) is 5.49. The van der Waals surface area contributed by atoms with Crippen LogP contribution in [0.3, 0.4) is 0 Å². The maximum atomic E-state index is 11.7. The summed E-state index contributed by atoms with van der Waals surface area (Å²) < 4.78 is 16.5. The maximum absolute atomic E-state index is 11.7. The third-order valence-corrected chi connectivity index (χ3v) is 6.51. The number of unbranched alkanes of at least 4 members (excludes halogenated alkanes) is 2. The summed E-state index contributed by atoms with van der Waals surface area (Å²) in [4.78, 5) is 14.1. The van der Waals surface area contributed by atoms with Crippen molar-refractivity contribution in [3.63, 3.8) is 0 Å². The molecule has 4 rings (SSSR count). The normalized spacial score (nSPS) is 10.2. The Morgan fingerprint density at radius 1 is 0.641 bits per heavy atom. The van der Waals surface area contributed by atoms with Crippen LogP contribution in [0.15, 0.2) is 113 Å². The molecule has 0 amide bonds. The van der Waals surface area contributed by atoms with Crippen LogP contribution in [-0.4, -0.2) is 24.3 Å². The van der Waals surface area contributed by atoms with Gasteiger partial charge in [0.1, 0.15) is 28.6 Å².